The van der Waals surface area contributed by atoms with Crippen molar-refractivity contribution in [2.75, 3.05) is 0 Å². The summed E-state index contributed by atoms with van der Waals surface area (Å²) in [5.74, 6) is -0.365. The molecule has 0 fully saturated rings. The Kier molecular flexibility index (Phi) is 3.98. The van der Waals surface area contributed by atoms with E-state index in [1.807, 2.05) is 12.3 Å². The van der Waals surface area contributed by atoms with Crippen molar-refractivity contribution >= 4 is 33.2 Å². The van der Waals surface area contributed by atoms with Crippen LogP contribution in [0.5, 0.6) is 5.75 Å². The van der Waals surface area contributed by atoms with E-state index in [2.05, 4.69) is 26.2 Å². The third-order valence-electron chi connectivity index (χ3n) is 2.37. The standard InChI is InChI=1S/C12H11BrN2O2S/c1-7(12-14-4-5-18-12)15-11(17)9-3-2-8(13)6-10(9)16/h2-7,16H,1H3,(H,15,17). The van der Waals surface area contributed by atoms with Crippen molar-refractivity contribution in [2.45, 2.75) is 13.0 Å². The Labute approximate surface area is 117 Å². The van der Waals surface area contributed by atoms with Crippen molar-refractivity contribution in [3.8, 4) is 5.75 Å². The molecule has 1 heterocycles. The van der Waals surface area contributed by atoms with Crippen molar-refractivity contribution in [3.05, 3.63) is 44.8 Å². The summed E-state index contributed by atoms with van der Waals surface area (Å²) >= 11 is 4.71. The number of amides is 1. The van der Waals surface area contributed by atoms with E-state index in [0.29, 0.717) is 0 Å². The highest BCUT2D eigenvalue weighted by atomic mass is 79.9. The first-order valence-corrected chi connectivity index (χ1v) is 6.94. The molecular formula is C12H11BrN2O2S. The Morgan fingerprint density at radius 3 is 2.94 bits per heavy atom. The number of phenolic OH excluding ortho intramolecular Hbond substituents is 1. The smallest absolute Gasteiger partial charge is 0.255 e. The first kappa shape index (κ1) is 13.0. The van der Waals surface area contributed by atoms with Gasteiger partial charge in [-0.15, -0.1) is 11.3 Å². The number of nitrogens with one attached hydrogen (secondary N) is 1. The number of halogens is 1. The van der Waals surface area contributed by atoms with E-state index < -0.39 is 0 Å². The second-order valence-electron chi connectivity index (χ2n) is 3.73. The topological polar surface area (TPSA) is 62.2 Å². The molecule has 6 heteroatoms. The Hall–Kier alpha value is -1.40. The highest BCUT2D eigenvalue weighted by molar-refractivity contribution is 9.10. The third-order valence-corrected chi connectivity index (χ3v) is 3.83. The van der Waals surface area contributed by atoms with Crippen molar-refractivity contribution < 1.29 is 9.90 Å². The molecule has 0 saturated heterocycles. The molecule has 4 nitrogen and oxygen atoms in total. The molecule has 1 amide bonds. The third kappa shape index (κ3) is 2.88. The minimum absolute atomic E-state index is 0.0480. The van der Waals surface area contributed by atoms with E-state index in [0.717, 1.165) is 9.48 Å². The van der Waals surface area contributed by atoms with E-state index in [4.69, 9.17) is 0 Å². The number of aromatic nitrogens is 1. The number of hydrogen-bond acceptors (Lipinski definition) is 4. The average molecular weight is 327 g/mol. The molecular weight excluding hydrogens is 316 g/mol. The highest BCUT2D eigenvalue weighted by Gasteiger charge is 2.16. The molecule has 1 atom stereocenters. The lowest BCUT2D eigenvalue weighted by atomic mass is 10.2. The lowest BCUT2D eigenvalue weighted by molar-refractivity contribution is 0.0937. The summed E-state index contributed by atoms with van der Waals surface area (Å²) in [4.78, 5) is 16.1. The average Bonchev–Trinajstić information content (AvgIpc) is 2.81. The molecule has 0 spiro atoms. The highest BCUT2D eigenvalue weighted by Crippen LogP contribution is 2.23. The predicted molar refractivity (Wildman–Crippen MR) is 73.8 cm³/mol. The van der Waals surface area contributed by atoms with Crippen LogP contribution in [-0.4, -0.2) is 16.0 Å². The Bertz CT molecular complexity index is 557. The van der Waals surface area contributed by atoms with Gasteiger partial charge in [0, 0.05) is 16.0 Å². The summed E-state index contributed by atoms with van der Waals surface area (Å²) in [7, 11) is 0. The van der Waals surface area contributed by atoms with E-state index in [-0.39, 0.29) is 23.3 Å². The predicted octanol–water partition coefficient (Wildman–Crippen LogP) is 3.10. The van der Waals surface area contributed by atoms with Crippen LogP contribution in [0.25, 0.3) is 0 Å². The van der Waals surface area contributed by atoms with Gasteiger partial charge in [-0.25, -0.2) is 4.98 Å². The van der Waals surface area contributed by atoms with Gasteiger partial charge in [0.25, 0.3) is 5.91 Å². The normalized spacial score (nSPS) is 12.1. The molecule has 0 aliphatic heterocycles. The van der Waals surface area contributed by atoms with Crippen LogP contribution < -0.4 is 5.32 Å². The number of carbonyl (C=O) groups excluding carboxylic acids is 1. The van der Waals surface area contributed by atoms with Gasteiger partial charge < -0.3 is 10.4 Å². The minimum atomic E-state index is -0.317. The fraction of sp³-hybridized carbons (Fsp3) is 0.167. The first-order valence-electron chi connectivity index (χ1n) is 5.26. The monoisotopic (exact) mass is 326 g/mol. The molecule has 0 bridgehead atoms. The molecule has 94 valence electrons. The quantitative estimate of drug-likeness (QED) is 0.911. The van der Waals surface area contributed by atoms with E-state index in [1.54, 1.807) is 18.3 Å². The van der Waals surface area contributed by atoms with Gasteiger partial charge in [-0.05, 0) is 25.1 Å². The largest absolute Gasteiger partial charge is 0.507 e. The Morgan fingerprint density at radius 1 is 1.56 bits per heavy atom. The number of phenols is 1. The summed E-state index contributed by atoms with van der Waals surface area (Å²) < 4.78 is 0.726. The van der Waals surface area contributed by atoms with Crippen molar-refractivity contribution in [1.29, 1.82) is 0 Å². The van der Waals surface area contributed by atoms with Gasteiger partial charge >= 0.3 is 0 Å². The molecule has 18 heavy (non-hydrogen) atoms. The van der Waals surface area contributed by atoms with Crippen molar-refractivity contribution in [3.63, 3.8) is 0 Å². The van der Waals surface area contributed by atoms with Crippen LogP contribution in [0.15, 0.2) is 34.2 Å². The fourth-order valence-corrected chi connectivity index (χ4v) is 2.48. The summed E-state index contributed by atoms with van der Waals surface area (Å²) in [5, 5.41) is 15.2. The Balaban J connectivity index is 2.12. The summed E-state index contributed by atoms with van der Waals surface area (Å²) in [6.07, 6.45) is 1.69. The fourth-order valence-electron chi connectivity index (χ4n) is 1.48. The maximum atomic E-state index is 12.0. The number of thiazole rings is 1. The maximum Gasteiger partial charge on any atom is 0.255 e. The van der Waals surface area contributed by atoms with Crippen LogP contribution in [0.3, 0.4) is 0 Å². The van der Waals surface area contributed by atoms with Gasteiger partial charge in [-0.3, -0.25) is 4.79 Å². The van der Waals surface area contributed by atoms with Gasteiger partial charge in [-0.1, -0.05) is 15.9 Å². The van der Waals surface area contributed by atoms with E-state index in [9.17, 15) is 9.90 Å². The van der Waals surface area contributed by atoms with Crippen LogP contribution in [0.1, 0.15) is 28.3 Å². The van der Waals surface area contributed by atoms with Gasteiger partial charge in [-0.2, -0.15) is 0 Å². The van der Waals surface area contributed by atoms with Gasteiger partial charge in [0.1, 0.15) is 10.8 Å². The molecule has 1 unspecified atom stereocenters. The van der Waals surface area contributed by atoms with E-state index in [1.165, 1.54) is 17.4 Å². The molecule has 2 N–H and O–H groups in total. The number of carbonyl (C=O) groups is 1. The van der Waals surface area contributed by atoms with Crippen molar-refractivity contribution in [2.24, 2.45) is 0 Å². The van der Waals surface area contributed by atoms with Crippen LogP contribution in [0.2, 0.25) is 0 Å². The zero-order valence-electron chi connectivity index (χ0n) is 9.55. The lowest BCUT2D eigenvalue weighted by Crippen LogP contribution is -2.26. The molecule has 1 aromatic heterocycles. The molecule has 2 rings (SSSR count). The zero-order valence-corrected chi connectivity index (χ0v) is 12.0. The van der Waals surface area contributed by atoms with Crippen LogP contribution in [-0.2, 0) is 0 Å². The molecule has 0 aliphatic rings. The van der Waals surface area contributed by atoms with Crippen LogP contribution in [0, 0.1) is 0 Å². The van der Waals surface area contributed by atoms with Gasteiger partial charge in [0.2, 0.25) is 0 Å². The number of nitrogens with zero attached hydrogens (tertiary/aromatic N) is 1. The second kappa shape index (κ2) is 5.49. The Morgan fingerprint density at radius 2 is 2.33 bits per heavy atom. The minimum Gasteiger partial charge on any atom is -0.507 e. The van der Waals surface area contributed by atoms with Gasteiger partial charge in [0.05, 0.1) is 11.6 Å². The summed E-state index contributed by atoms with van der Waals surface area (Å²) in [5.41, 5.74) is 0.251. The zero-order chi connectivity index (χ0) is 13.1. The SMILES string of the molecule is CC(NC(=O)c1ccc(Br)cc1O)c1nccs1. The first-order chi connectivity index (χ1) is 8.58. The molecule has 2 aromatic rings. The molecule has 0 aliphatic carbocycles. The van der Waals surface area contributed by atoms with Crippen LogP contribution >= 0.6 is 27.3 Å². The number of benzene rings is 1. The summed E-state index contributed by atoms with van der Waals surface area (Å²) in [6.45, 7) is 1.85. The van der Waals surface area contributed by atoms with Crippen molar-refractivity contribution in [1.82, 2.24) is 10.3 Å². The molecule has 0 saturated carbocycles. The molecule has 1 aromatic carbocycles. The van der Waals surface area contributed by atoms with Crippen LogP contribution in [0.4, 0.5) is 0 Å². The maximum absolute atomic E-state index is 12.0. The summed E-state index contributed by atoms with van der Waals surface area (Å²) in [6, 6.07) is 4.59. The molecule has 0 radical (unpaired) electrons. The second-order valence-corrected chi connectivity index (χ2v) is 5.57. The van der Waals surface area contributed by atoms with Gasteiger partial charge in [0.15, 0.2) is 0 Å². The number of hydrogen-bond donors (Lipinski definition) is 2. The number of aromatic hydroxyl groups is 1. The number of rotatable bonds is 3. The van der Waals surface area contributed by atoms with E-state index >= 15 is 0 Å². The lowest BCUT2D eigenvalue weighted by Gasteiger charge is -2.12.